The molecule has 0 aromatic heterocycles. The Hall–Kier alpha value is -1.21. The van der Waals surface area contributed by atoms with Crippen LogP contribution in [0.3, 0.4) is 0 Å². The van der Waals surface area contributed by atoms with E-state index in [0.29, 0.717) is 18.0 Å². The first-order valence-electron chi connectivity index (χ1n) is 6.14. The van der Waals surface area contributed by atoms with Crippen LogP contribution in [0.2, 0.25) is 0 Å². The van der Waals surface area contributed by atoms with Crippen LogP contribution >= 0.6 is 27.7 Å². The second kappa shape index (κ2) is 6.49. The molecule has 0 bridgehead atoms. The molecule has 0 spiro atoms. The van der Waals surface area contributed by atoms with Crippen LogP contribution in [0.4, 0.5) is 10.5 Å². The van der Waals surface area contributed by atoms with Gasteiger partial charge < -0.3 is 15.3 Å². The van der Waals surface area contributed by atoms with Gasteiger partial charge in [0.2, 0.25) is 0 Å². The Kier molecular flexibility index (Phi) is 4.93. The van der Waals surface area contributed by atoms with E-state index < -0.39 is 12.0 Å². The van der Waals surface area contributed by atoms with Crippen LogP contribution in [-0.4, -0.2) is 46.1 Å². The normalized spacial score (nSPS) is 18.7. The molecule has 1 aliphatic rings. The summed E-state index contributed by atoms with van der Waals surface area (Å²) in [6, 6.07) is 4.39. The molecule has 1 fully saturated rings. The highest BCUT2D eigenvalue weighted by Crippen LogP contribution is 2.24. The highest BCUT2D eigenvalue weighted by Gasteiger charge is 2.32. The van der Waals surface area contributed by atoms with Gasteiger partial charge in [0.05, 0.1) is 0 Å². The highest BCUT2D eigenvalue weighted by molar-refractivity contribution is 9.10. The molecule has 5 nitrogen and oxygen atoms in total. The second-order valence-electron chi connectivity index (χ2n) is 4.46. The predicted molar refractivity (Wildman–Crippen MR) is 83.4 cm³/mol. The Labute approximate surface area is 129 Å². The van der Waals surface area contributed by atoms with Gasteiger partial charge in [0.15, 0.2) is 0 Å². The summed E-state index contributed by atoms with van der Waals surface area (Å²) in [5.41, 5.74) is 1.60. The molecule has 1 aromatic carbocycles. The SMILES string of the molecule is Cc1c(Br)cccc1NC(=O)N1CCSCC1C(=O)O. The lowest BCUT2D eigenvalue weighted by Crippen LogP contribution is -2.51. The van der Waals surface area contributed by atoms with Gasteiger partial charge in [-0.15, -0.1) is 0 Å². The third kappa shape index (κ3) is 3.27. The Morgan fingerprint density at radius 2 is 2.25 bits per heavy atom. The van der Waals surface area contributed by atoms with E-state index in [0.717, 1.165) is 15.8 Å². The number of carbonyl (C=O) groups excluding carboxylic acids is 1. The maximum atomic E-state index is 12.3. The molecule has 20 heavy (non-hydrogen) atoms. The number of carboxylic acids is 1. The molecule has 2 N–H and O–H groups in total. The second-order valence-corrected chi connectivity index (χ2v) is 6.47. The van der Waals surface area contributed by atoms with Gasteiger partial charge in [-0.1, -0.05) is 22.0 Å². The lowest BCUT2D eigenvalue weighted by Gasteiger charge is -2.32. The summed E-state index contributed by atoms with van der Waals surface area (Å²) in [5, 5.41) is 12.0. The van der Waals surface area contributed by atoms with Gasteiger partial charge in [-0.05, 0) is 24.6 Å². The minimum Gasteiger partial charge on any atom is -0.480 e. The molecule has 1 aliphatic heterocycles. The summed E-state index contributed by atoms with van der Waals surface area (Å²) in [5.74, 6) is 0.229. The molecule has 1 heterocycles. The molecule has 108 valence electrons. The summed E-state index contributed by atoms with van der Waals surface area (Å²) in [6.45, 7) is 2.33. The van der Waals surface area contributed by atoms with Crippen molar-refractivity contribution < 1.29 is 14.7 Å². The van der Waals surface area contributed by atoms with Crippen molar-refractivity contribution in [2.75, 3.05) is 23.4 Å². The van der Waals surface area contributed by atoms with Crippen LogP contribution in [0.5, 0.6) is 0 Å². The molecular formula is C13H15BrN2O3S. The number of nitrogens with one attached hydrogen (secondary N) is 1. The van der Waals surface area contributed by atoms with Gasteiger partial charge in [0.25, 0.3) is 0 Å². The van der Waals surface area contributed by atoms with Crippen LogP contribution < -0.4 is 5.32 Å². The zero-order valence-corrected chi connectivity index (χ0v) is 13.3. The standard InChI is InChI=1S/C13H15BrN2O3S/c1-8-9(14)3-2-4-10(8)15-13(19)16-5-6-20-7-11(16)12(17)18/h2-4,11H,5-7H2,1H3,(H,15,19)(H,17,18). The number of halogens is 1. The Morgan fingerprint density at radius 3 is 2.95 bits per heavy atom. The van der Waals surface area contributed by atoms with Crippen LogP contribution in [0.25, 0.3) is 0 Å². The van der Waals surface area contributed by atoms with Crippen molar-refractivity contribution in [1.29, 1.82) is 0 Å². The Bertz CT molecular complexity index is 538. The quantitative estimate of drug-likeness (QED) is 0.852. The number of carboxylic acid groups (broad SMARTS) is 1. The molecule has 7 heteroatoms. The summed E-state index contributed by atoms with van der Waals surface area (Å²) in [6.07, 6.45) is 0. The number of hydrogen-bond acceptors (Lipinski definition) is 3. The number of hydrogen-bond donors (Lipinski definition) is 2. The first-order chi connectivity index (χ1) is 9.50. The van der Waals surface area contributed by atoms with E-state index in [9.17, 15) is 14.7 Å². The zero-order chi connectivity index (χ0) is 14.7. The first-order valence-corrected chi connectivity index (χ1v) is 8.08. The molecule has 0 saturated carbocycles. The number of amides is 2. The molecule has 1 unspecified atom stereocenters. The van der Waals surface area contributed by atoms with Crippen molar-refractivity contribution in [3.8, 4) is 0 Å². The van der Waals surface area contributed by atoms with Gasteiger partial charge in [-0.25, -0.2) is 9.59 Å². The number of nitrogens with zero attached hydrogens (tertiary/aromatic N) is 1. The lowest BCUT2D eigenvalue weighted by atomic mass is 10.2. The van der Waals surface area contributed by atoms with Gasteiger partial charge in [-0.2, -0.15) is 11.8 Å². The van der Waals surface area contributed by atoms with E-state index >= 15 is 0 Å². The van der Waals surface area contributed by atoms with E-state index in [1.807, 2.05) is 19.1 Å². The molecule has 2 amide bonds. The lowest BCUT2D eigenvalue weighted by molar-refractivity contribution is -0.141. The summed E-state index contributed by atoms with van der Waals surface area (Å²) < 4.78 is 0.902. The fraction of sp³-hybridized carbons (Fsp3) is 0.385. The third-order valence-corrected chi connectivity index (χ3v) is 5.07. The summed E-state index contributed by atoms with van der Waals surface area (Å²) in [4.78, 5) is 24.9. The Balaban J connectivity index is 2.14. The minimum absolute atomic E-state index is 0.362. The fourth-order valence-electron chi connectivity index (χ4n) is 1.98. The maximum absolute atomic E-state index is 12.3. The van der Waals surface area contributed by atoms with Crippen LogP contribution in [0.1, 0.15) is 5.56 Å². The molecule has 1 aromatic rings. The number of benzene rings is 1. The fourth-order valence-corrected chi connectivity index (χ4v) is 3.39. The third-order valence-electron chi connectivity index (χ3n) is 3.18. The predicted octanol–water partition coefficient (Wildman–Crippen LogP) is 2.79. The monoisotopic (exact) mass is 358 g/mol. The van der Waals surface area contributed by atoms with E-state index in [2.05, 4.69) is 21.2 Å². The van der Waals surface area contributed by atoms with Crippen molar-refractivity contribution >= 4 is 45.4 Å². The van der Waals surface area contributed by atoms with Crippen LogP contribution in [0, 0.1) is 6.92 Å². The smallest absolute Gasteiger partial charge is 0.327 e. The molecule has 0 radical (unpaired) electrons. The van der Waals surface area contributed by atoms with Gasteiger partial charge >= 0.3 is 12.0 Å². The van der Waals surface area contributed by atoms with Crippen molar-refractivity contribution in [2.24, 2.45) is 0 Å². The molecular weight excluding hydrogens is 344 g/mol. The number of anilines is 1. The van der Waals surface area contributed by atoms with Crippen molar-refractivity contribution in [3.63, 3.8) is 0 Å². The van der Waals surface area contributed by atoms with Crippen molar-refractivity contribution in [1.82, 2.24) is 4.90 Å². The number of thioether (sulfide) groups is 1. The zero-order valence-electron chi connectivity index (χ0n) is 10.9. The molecule has 1 saturated heterocycles. The van der Waals surface area contributed by atoms with Gasteiger partial charge in [-0.3, -0.25) is 0 Å². The van der Waals surface area contributed by atoms with Crippen molar-refractivity contribution in [3.05, 3.63) is 28.2 Å². The maximum Gasteiger partial charge on any atom is 0.327 e. The van der Waals surface area contributed by atoms with Crippen LogP contribution in [0.15, 0.2) is 22.7 Å². The van der Waals surface area contributed by atoms with E-state index in [1.165, 1.54) is 4.90 Å². The topological polar surface area (TPSA) is 69.6 Å². The van der Waals surface area contributed by atoms with E-state index in [4.69, 9.17) is 0 Å². The summed E-state index contributed by atoms with van der Waals surface area (Å²) in [7, 11) is 0. The average molecular weight is 359 g/mol. The minimum atomic E-state index is -0.960. The van der Waals surface area contributed by atoms with Crippen LogP contribution in [-0.2, 0) is 4.79 Å². The number of urea groups is 1. The first kappa shape index (κ1) is 15.2. The number of carbonyl (C=O) groups is 2. The number of aliphatic carboxylic acids is 1. The van der Waals surface area contributed by atoms with Crippen molar-refractivity contribution in [2.45, 2.75) is 13.0 Å². The molecule has 1 atom stereocenters. The van der Waals surface area contributed by atoms with E-state index in [1.54, 1.807) is 17.8 Å². The Morgan fingerprint density at radius 1 is 1.50 bits per heavy atom. The summed E-state index contributed by atoms with van der Waals surface area (Å²) >= 11 is 4.96. The van der Waals surface area contributed by atoms with Gasteiger partial charge in [0, 0.05) is 28.2 Å². The van der Waals surface area contributed by atoms with E-state index in [-0.39, 0.29) is 6.03 Å². The molecule has 0 aliphatic carbocycles. The largest absolute Gasteiger partial charge is 0.480 e. The highest BCUT2D eigenvalue weighted by atomic mass is 79.9. The van der Waals surface area contributed by atoms with Gasteiger partial charge in [0.1, 0.15) is 6.04 Å². The molecule has 2 rings (SSSR count). The number of rotatable bonds is 2. The average Bonchev–Trinajstić information content (AvgIpc) is 2.43.